The van der Waals surface area contributed by atoms with Gasteiger partial charge in [-0.05, 0) is 19.1 Å². The number of carbonyl (C=O) groups is 1. The van der Waals surface area contributed by atoms with E-state index in [2.05, 4.69) is 10.5 Å². The van der Waals surface area contributed by atoms with Crippen LogP contribution in [0.5, 0.6) is 0 Å². The quantitative estimate of drug-likeness (QED) is 0.933. The zero-order valence-corrected chi connectivity index (χ0v) is 11.5. The van der Waals surface area contributed by atoms with Crippen molar-refractivity contribution in [3.05, 3.63) is 29.3 Å². The number of carbonyl (C=O) groups excluding carboxylic acids is 1. The fourth-order valence-electron chi connectivity index (χ4n) is 1.91. The Kier molecular flexibility index (Phi) is 4.06. The van der Waals surface area contributed by atoms with Gasteiger partial charge in [-0.25, -0.2) is 10.2 Å². The molecule has 5 nitrogen and oxygen atoms in total. The van der Waals surface area contributed by atoms with Crippen LogP contribution < -0.4 is 10.3 Å². The molecule has 0 fully saturated rings. The molecule has 21 heavy (non-hydrogen) atoms. The van der Waals surface area contributed by atoms with Gasteiger partial charge in [-0.1, -0.05) is 6.07 Å². The maximum Gasteiger partial charge on any atom is 0.428 e. The molecule has 1 aromatic rings. The van der Waals surface area contributed by atoms with Gasteiger partial charge in [0.25, 0.3) is 0 Å². The second-order valence-corrected chi connectivity index (χ2v) is 4.49. The summed E-state index contributed by atoms with van der Waals surface area (Å²) in [4.78, 5) is 12.3. The van der Waals surface area contributed by atoms with Crippen LogP contribution in [0.15, 0.2) is 23.3 Å². The van der Waals surface area contributed by atoms with Crippen molar-refractivity contribution in [3.63, 3.8) is 0 Å². The molecular formula is C13H14F3N3O2. The van der Waals surface area contributed by atoms with Crippen LogP contribution in [0.2, 0.25) is 0 Å². The number of cyclic esters (lactones) is 1. The van der Waals surface area contributed by atoms with Gasteiger partial charge in [0, 0.05) is 24.8 Å². The van der Waals surface area contributed by atoms with Crippen molar-refractivity contribution in [2.75, 3.05) is 25.1 Å². The molecular weight excluding hydrogens is 287 g/mol. The van der Waals surface area contributed by atoms with Gasteiger partial charge in [0.2, 0.25) is 0 Å². The van der Waals surface area contributed by atoms with E-state index in [-0.39, 0.29) is 23.6 Å². The highest BCUT2D eigenvalue weighted by atomic mass is 19.4. The van der Waals surface area contributed by atoms with Crippen LogP contribution in [0.1, 0.15) is 18.1 Å². The number of anilines is 1. The van der Waals surface area contributed by atoms with E-state index in [9.17, 15) is 18.0 Å². The molecule has 0 aromatic heterocycles. The Morgan fingerprint density at radius 2 is 2.14 bits per heavy atom. The summed E-state index contributed by atoms with van der Waals surface area (Å²) in [7, 11) is 1.59. The number of hydrogen-bond donors (Lipinski definition) is 1. The van der Waals surface area contributed by atoms with Crippen molar-refractivity contribution < 1.29 is 22.7 Å². The van der Waals surface area contributed by atoms with Crippen molar-refractivity contribution >= 4 is 17.5 Å². The van der Waals surface area contributed by atoms with Crippen LogP contribution in [0, 0.1) is 0 Å². The van der Waals surface area contributed by atoms with Crippen LogP contribution in [0.3, 0.4) is 0 Å². The smallest absolute Gasteiger partial charge is 0.428 e. The largest absolute Gasteiger partial charge is 0.442 e. The molecule has 1 aliphatic heterocycles. The molecule has 0 spiro atoms. The molecule has 0 radical (unpaired) electrons. The van der Waals surface area contributed by atoms with Gasteiger partial charge in [-0.3, -0.25) is 0 Å². The van der Waals surface area contributed by atoms with Crippen LogP contribution in [-0.2, 0) is 10.9 Å². The number of rotatable bonds is 3. The maximum atomic E-state index is 13.2. The van der Waals surface area contributed by atoms with Gasteiger partial charge in [-0.15, -0.1) is 0 Å². The Balaban J connectivity index is 2.45. The van der Waals surface area contributed by atoms with Gasteiger partial charge in [0.1, 0.15) is 12.3 Å². The van der Waals surface area contributed by atoms with E-state index < -0.39 is 17.8 Å². The van der Waals surface area contributed by atoms with E-state index in [4.69, 9.17) is 4.74 Å². The number of nitrogens with one attached hydrogen (secondary N) is 1. The molecule has 114 valence electrons. The van der Waals surface area contributed by atoms with E-state index in [0.717, 1.165) is 6.07 Å². The number of hydrazone groups is 1. The molecule has 1 heterocycles. The number of nitrogens with zero attached hydrogens (tertiary/aromatic N) is 2. The minimum absolute atomic E-state index is 0.0927. The fourth-order valence-corrected chi connectivity index (χ4v) is 1.91. The van der Waals surface area contributed by atoms with Crippen molar-refractivity contribution in [2.24, 2.45) is 5.10 Å². The number of hydrogen-bond acceptors (Lipinski definition) is 4. The number of halogens is 3. The van der Waals surface area contributed by atoms with Crippen LogP contribution in [0.4, 0.5) is 23.7 Å². The molecule has 2 rings (SSSR count). The summed E-state index contributed by atoms with van der Waals surface area (Å²) in [5.41, 5.74) is 1.92. The average Bonchev–Trinajstić information content (AvgIpc) is 2.46. The van der Waals surface area contributed by atoms with Gasteiger partial charge in [0.05, 0.1) is 5.56 Å². The first-order valence-electron chi connectivity index (χ1n) is 6.25. The lowest BCUT2D eigenvalue weighted by atomic mass is 10.0. The average molecular weight is 301 g/mol. The first-order chi connectivity index (χ1) is 9.82. The molecule has 1 amide bonds. The highest BCUT2D eigenvalue weighted by molar-refractivity contribution is 6.04. The summed E-state index contributed by atoms with van der Waals surface area (Å²) in [6, 6.07) is 3.93. The summed E-state index contributed by atoms with van der Waals surface area (Å²) in [5, 5.41) is 3.71. The Morgan fingerprint density at radius 3 is 2.67 bits per heavy atom. The Morgan fingerprint density at radius 1 is 1.43 bits per heavy atom. The summed E-state index contributed by atoms with van der Waals surface area (Å²) in [5.74, 6) is 0. The van der Waals surface area contributed by atoms with Gasteiger partial charge >= 0.3 is 12.3 Å². The standard InChI is InChI=1S/C13H14F3N3O2/c1-3-19(2)11-5-4-8(6-9(11)13(14,15)16)10-7-21-12(20)18-17-10/h4-6H,3,7H2,1-2H3,(H,18,20). The van der Waals surface area contributed by atoms with Gasteiger partial charge in [0.15, 0.2) is 0 Å². The molecule has 0 atom stereocenters. The normalized spacial score (nSPS) is 15.1. The summed E-state index contributed by atoms with van der Waals surface area (Å²) in [6.07, 6.45) is -5.20. The Labute approximate surface area is 119 Å². The summed E-state index contributed by atoms with van der Waals surface area (Å²) in [6.45, 7) is 2.05. The second kappa shape index (κ2) is 5.63. The minimum atomic E-state index is -4.48. The van der Waals surface area contributed by atoms with Crippen molar-refractivity contribution in [1.82, 2.24) is 5.43 Å². The fraction of sp³-hybridized carbons (Fsp3) is 0.385. The van der Waals surface area contributed by atoms with Crippen molar-refractivity contribution in [1.29, 1.82) is 0 Å². The third kappa shape index (κ3) is 3.26. The molecule has 0 bridgehead atoms. The zero-order chi connectivity index (χ0) is 15.6. The Bertz CT molecular complexity index is 585. The predicted octanol–water partition coefficient (Wildman–Crippen LogP) is 2.61. The van der Waals surface area contributed by atoms with Crippen LogP contribution in [-0.4, -0.2) is 32.0 Å². The predicted molar refractivity (Wildman–Crippen MR) is 71.4 cm³/mol. The lowest BCUT2D eigenvalue weighted by Gasteiger charge is -2.23. The molecule has 0 saturated carbocycles. The number of benzene rings is 1. The van der Waals surface area contributed by atoms with E-state index in [1.54, 1.807) is 14.0 Å². The first kappa shape index (κ1) is 15.1. The SMILES string of the molecule is CCN(C)c1ccc(C2=NNC(=O)OC2)cc1C(F)(F)F. The van der Waals surface area contributed by atoms with E-state index in [0.29, 0.717) is 6.54 Å². The van der Waals surface area contributed by atoms with Gasteiger partial charge < -0.3 is 9.64 Å². The third-order valence-electron chi connectivity index (χ3n) is 3.14. The highest BCUT2D eigenvalue weighted by Crippen LogP contribution is 2.37. The van der Waals surface area contributed by atoms with E-state index in [1.807, 2.05) is 0 Å². The molecule has 0 saturated heterocycles. The highest BCUT2D eigenvalue weighted by Gasteiger charge is 2.35. The van der Waals surface area contributed by atoms with E-state index >= 15 is 0 Å². The molecule has 1 aliphatic rings. The number of alkyl halides is 3. The zero-order valence-electron chi connectivity index (χ0n) is 11.5. The van der Waals surface area contributed by atoms with Crippen molar-refractivity contribution in [3.8, 4) is 0 Å². The van der Waals surface area contributed by atoms with Crippen molar-refractivity contribution in [2.45, 2.75) is 13.1 Å². The summed E-state index contributed by atoms with van der Waals surface area (Å²) < 4.78 is 44.3. The first-order valence-corrected chi connectivity index (χ1v) is 6.25. The molecule has 1 N–H and O–H groups in total. The molecule has 0 unspecified atom stereocenters. The summed E-state index contributed by atoms with van der Waals surface area (Å²) >= 11 is 0. The lowest BCUT2D eigenvalue weighted by molar-refractivity contribution is -0.137. The molecule has 1 aromatic carbocycles. The third-order valence-corrected chi connectivity index (χ3v) is 3.14. The molecule has 0 aliphatic carbocycles. The number of ether oxygens (including phenoxy) is 1. The van der Waals surface area contributed by atoms with Gasteiger partial charge in [-0.2, -0.15) is 18.3 Å². The molecule has 8 heteroatoms. The van der Waals surface area contributed by atoms with Crippen LogP contribution in [0.25, 0.3) is 0 Å². The van der Waals surface area contributed by atoms with Crippen LogP contribution >= 0.6 is 0 Å². The monoisotopic (exact) mass is 301 g/mol. The van der Waals surface area contributed by atoms with E-state index in [1.165, 1.54) is 17.0 Å². The topological polar surface area (TPSA) is 53.9 Å². The maximum absolute atomic E-state index is 13.2. The lowest BCUT2D eigenvalue weighted by Crippen LogP contribution is -2.31. The Hall–Kier alpha value is -2.25. The second-order valence-electron chi connectivity index (χ2n) is 4.49. The number of amides is 1. The minimum Gasteiger partial charge on any atom is -0.442 e.